The molecular weight excluding hydrogens is 421 g/mol. The van der Waals surface area contributed by atoms with E-state index in [1.54, 1.807) is 17.1 Å². The third-order valence-electron chi connectivity index (χ3n) is 4.40. The number of rotatable bonds is 10. The van der Waals surface area contributed by atoms with E-state index in [-0.39, 0.29) is 12.5 Å². The summed E-state index contributed by atoms with van der Waals surface area (Å²) >= 11 is 11.7. The Balaban J connectivity index is 1.51. The fourth-order valence-electron chi connectivity index (χ4n) is 2.93. The van der Waals surface area contributed by atoms with E-state index in [1.807, 2.05) is 60.8 Å². The van der Waals surface area contributed by atoms with Crippen molar-refractivity contribution >= 4 is 41.0 Å². The fraction of sp³-hybridized carbons (Fsp3) is 0.227. The summed E-state index contributed by atoms with van der Waals surface area (Å²) in [6.45, 7) is 1.61. The van der Waals surface area contributed by atoms with Crippen LogP contribution in [0.1, 0.15) is 5.56 Å². The Morgan fingerprint density at radius 3 is 2.43 bits per heavy atom. The summed E-state index contributed by atoms with van der Waals surface area (Å²) < 4.78 is 1.73. The summed E-state index contributed by atoms with van der Waals surface area (Å²) in [5.74, 6) is 0.849. The summed E-state index contributed by atoms with van der Waals surface area (Å²) in [5, 5.41) is 4.04. The Morgan fingerprint density at radius 2 is 1.77 bits per heavy atom. The second kappa shape index (κ2) is 11.4. The molecule has 6 nitrogen and oxygen atoms in total. The lowest BCUT2D eigenvalue weighted by Gasteiger charge is -2.22. The van der Waals surface area contributed by atoms with Gasteiger partial charge in [-0.3, -0.25) is 4.79 Å². The summed E-state index contributed by atoms with van der Waals surface area (Å²) in [5.41, 5.74) is 6.30. The van der Waals surface area contributed by atoms with Crippen LogP contribution in [0, 0.1) is 0 Å². The normalized spacial score (nSPS) is 11.0. The number of hydrogen-bond acceptors (Lipinski definition) is 4. The van der Waals surface area contributed by atoms with Crippen LogP contribution in [0.25, 0.3) is 11.3 Å². The molecular formula is C22H23Cl2N5O. The number of imidazole rings is 1. The standard InChI is InChI=1S/C22H23Cl2N5O/c23-10-12-29(13-11-24)20-8-6-18(7-9-20)14-26-27-22(30)16-28-15-21(25-17-28)19-4-2-1-3-5-19/h1-9,14-15,17H,10-13,16H2,(H,27,30)/b26-14+. The maximum absolute atomic E-state index is 12.1. The molecule has 3 rings (SSSR count). The number of nitrogens with zero attached hydrogens (tertiary/aromatic N) is 4. The number of aromatic nitrogens is 2. The third kappa shape index (κ3) is 6.34. The molecule has 30 heavy (non-hydrogen) atoms. The highest BCUT2D eigenvalue weighted by molar-refractivity contribution is 6.18. The SMILES string of the molecule is O=C(Cn1cnc(-c2ccccc2)c1)N/N=C/c1ccc(N(CCCl)CCCl)cc1. The second-order valence-corrected chi connectivity index (χ2v) is 7.30. The number of carbonyl (C=O) groups excluding carboxylic acids is 1. The van der Waals surface area contributed by atoms with Crippen LogP contribution in [0.4, 0.5) is 5.69 Å². The molecule has 0 saturated carbocycles. The van der Waals surface area contributed by atoms with E-state index in [0.29, 0.717) is 11.8 Å². The van der Waals surface area contributed by atoms with E-state index < -0.39 is 0 Å². The van der Waals surface area contributed by atoms with Crippen LogP contribution < -0.4 is 10.3 Å². The maximum Gasteiger partial charge on any atom is 0.260 e. The lowest BCUT2D eigenvalue weighted by molar-refractivity contribution is -0.121. The lowest BCUT2D eigenvalue weighted by Crippen LogP contribution is -2.27. The zero-order chi connectivity index (χ0) is 21.2. The molecule has 0 saturated heterocycles. The fourth-order valence-corrected chi connectivity index (χ4v) is 3.34. The number of amides is 1. The first-order valence-corrected chi connectivity index (χ1v) is 10.6. The van der Waals surface area contributed by atoms with Crippen molar-refractivity contribution in [1.29, 1.82) is 0 Å². The van der Waals surface area contributed by atoms with Gasteiger partial charge in [-0.25, -0.2) is 10.4 Å². The molecule has 0 fully saturated rings. The number of halogens is 2. The van der Waals surface area contributed by atoms with Crippen LogP contribution in [0.3, 0.4) is 0 Å². The van der Waals surface area contributed by atoms with E-state index in [9.17, 15) is 4.79 Å². The highest BCUT2D eigenvalue weighted by Gasteiger charge is 2.06. The highest BCUT2D eigenvalue weighted by atomic mass is 35.5. The van der Waals surface area contributed by atoms with Crippen molar-refractivity contribution in [1.82, 2.24) is 15.0 Å². The number of carbonyl (C=O) groups is 1. The molecule has 0 spiro atoms. The Hall–Kier alpha value is -2.83. The van der Waals surface area contributed by atoms with E-state index in [4.69, 9.17) is 23.2 Å². The van der Waals surface area contributed by atoms with Crippen LogP contribution in [0.5, 0.6) is 0 Å². The Kier molecular flexibility index (Phi) is 8.30. The van der Waals surface area contributed by atoms with Gasteiger partial charge in [0.25, 0.3) is 5.91 Å². The zero-order valence-electron chi connectivity index (χ0n) is 16.4. The quantitative estimate of drug-likeness (QED) is 0.292. The smallest absolute Gasteiger partial charge is 0.260 e. The second-order valence-electron chi connectivity index (χ2n) is 6.55. The van der Waals surface area contributed by atoms with Gasteiger partial charge in [-0.1, -0.05) is 42.5 Å². The van der Waals surface area contributed by atoms with E-state index in [0.717, 1.165) is 35.6 Å². The molecule has 2 aromatic carbocycles. The third-order valence-corrected chi connectivity index (χ3v) is 4.74. The molecule has 8 heteroatoms. The molecule has 3 aromatic rings. The molecule has 0 aliphatic carbocycles. The first kappa shape index (κ1) is 21.9. The van der Waals surface area contributed by atoms with Crippen molar-refractivity contribution in [3.8, 4) is 11.3 Å². The summed E-state index contributed by atoms with van der Waals surface area (Å²) in [4.78, 5) is 18.6. The molecule has 1 heterocycles. The molecule has 0 atom stereocenters. The molecule has 1 N–H and O–H groups in total. The van der Waals surface area contributed by atoms with Crippen molar-refractivity contribution in [3.05, 3.63) is 72.7 Å². The molecule has 1 amide bonds. The number of hydrazone groups is 1. The number of hydrogen-bond donors (Lipinski definition) is 1. The van der Waals surface area contributed by atoms with E-state index >= 15 is 0 Å². The highest BCUT2D eigenvalue weighted by Crippen LogP contribution is 2.16. The van der Waals surface area contributed by atoms with Gasteiger partial charge in [0, 0.05) is 42.3 Å². The van der Waals surface area contributed by atoms with Crippen molar-refractivity contribution < 1.29 is 4.79 Å². The van der Waals surface area contributed by atoms with Crippen LogP contribution in [-0.2, 0) is 11.3 Å². The lowest BCUT2D eigenvalue weighted by atomic mass is 10.2. The van der Waals surface area contributed by atoms with Gasteiger partial charge < -0.3 is 9.47 Å². The molecule has 0 aliphatic rings. The average Bonchev–Trinajstić information content (AvgIpc) is 3.23. The molecule has 0 unspecified atom stereocenters. The van der Waals surface area contributed by atoms with Crippen molar-refractivity contribution in [3.63, 3.8) is 0 Å². The molecule has 156 valence electrons. The Bertz CT molecular complexity index is 951. The predicted octanol–water partition coefficient (Wildman–Crippen LogP) is 3.98. The minimum absolute atomic E-state index is 0.141. The van der Waals surface area contributed by atoms with Crippen LogP contribution in [0.2, 0.25) is 0 Å². The van der Waals surface area contributed by atoms with Crippen molar-refractivity contribution in [2.45, 2.75) is 6.54 Å². The predicted molar refractivity (Wildman–Crippen MR) is 123 cm³/mol. The Morgan fingerprint density at radius 1 is 1.07 bits per heavy atom. The Labute approximate surface area is 186 Å². The number of anilines is 1. The number of alkyl halides is 2. The first-order valence-electron chi connectivity index (χ1n) is 9.55. The maximum atomic E-state index is 12.1. The van der Waals surface area contributed by atoms with Gasteiger partial charge in [0.05, 0.1) is 18.2 Å². The topological polar surface area (TPSA) is 62.5 Å². The number of benzene rings is 2. The minimum atomic E-state index is -0.227. The summed E-state index contributed by atoms with van der Waals surface area (Å²) in [6.07, 6.45) is 5.08. The van der Waals surface area contributed by atoms with Crippen LogP contribution >= 0.6 is 23.2 Å². The zero-order valence-corrected chi connectivity index (χ0v) is 17.9. The van der Waals surface area contributed by atoms with Gasteiger partial charge in [0.15, 0.2) is 0 Å². The van der Waals surface area contributed by atoms with Gasteiger partial charge in [0.1, 0.15) is 6.54 Å². The monoisotopic (exact) mass is 443 g/mol. The largest absolute Gasteiger partial charge is 0.369 e. The van der Waals surface area contributed by atoms with Crippen molar-refractivity contribution in [2.75, 3.05) is 29.7 Å². The van der Waals surface area contributed by atoms with Gasteiger partial charge in [-0.05, 0) is 17.7 Å². The van der Waals surface area contributed by atoms with Gasteiger partial charge in [-0.15, -0.1) is 23.2 Å². The molecule has 0 aliphatic heterocycles. The molecule has 1 aromatic heterocycles. The van der Waals surface area contributed by atoms with Crippen molar-refractivity contribution in [2.24, 2.45) is 5.10 Å². The van der Waals surface area contributed by atoms with E-state index in [1.165, 1.54) is 0 Å². The first-order chi connectivity index (χ1) is 14.7. The average molecular weight is 444 g/mol. The van der Waals surface area contributed by atoms with Gasteiger partial charge >= 0.3 is 0 Å². The summed E-state index contributed by atoms with van der Waals surface area (Å²) in [7, 11) is 0. The number of nitrogens with one attached hydrogen (secondary N) is 1. The summed E-state index contributed by atoms with van der Waals surface area (Å²) in [6, 6.07) is 17.7. The minimum Gasteiger partial charge on any atom is -0.369 e. The van der Waals surface area contributed by atoms with E-state index in [2.05, 4.69) is 20.4 Å². The van der Waals surface area contributed by atoms with Crippen LogP contribution in [-0.4, -0.2) is 46.5 Å². The van der Waals surface area contributed by atoms with Gasteiger partial charge in [0.2, 0.25) is 0 Å². The molecule has 0 bridgehead atoms. The van der Waals surface area contributed by atoms with Crippen LogP contribution in [0.15, 0.2) is 72.2 Å². The van der Waals surface area contributed by atoms with Gasteiger partial charge in [-0.2, -0.15) is 5.10 Å². The molecule has 0 radical (unpaired) electrons.